The summed E-state index contributed by atoms with van der Waals surface area (Å²) in [5.74, 6) is -0.294. The third-order valence-electron chi connectivity index (χ3n) is 2.42. The molecule has 0 aliphatic rings. The van der Waals surface area contributed by atoms with Gasteiger partial charge < -0.3 is 0 Å². The highest BCUT2D eigenvalue weighted by atomic mass is 35.5. The smallest absolute Gasteiger partial charge is 0.267 e. The molecule has 0 atom stereocenters. The SMILES string of the molecule is Cc1ccc(C(=O)N/N=C\c2ccc(Cl)cc2)cn1. The van der Waals surface area contributed by atoms with Crippen LogP contribution in [0.3, 0.4) is 0 Å². The molecule has 1 heterocycles. The summed E-state index contributed by atoms with van der Waals surface area (Å²) in [6.45, 7) is 1.86. The van der Waals surface area contributed by atoms with Crippen molar-refractivity contribution in [2.45, 2.75) is 6.92 Å². The van der Waals surface area contributed by atoms with Crippen molar-refractivity contribution in [2.24, 2.45) is 5.10 Å². The number of carbonyl (C=O) groups is 1. The lowest BCUT2D eigenvalue weighted by molar-refractivity contribution is 0.0955. The van der Waals surface area contributed by atoms with Crippen LogP contribution in [0.2, 0.25) is 5.02 Å². The van der Waals surface area contributed by atoms with Gasteiger partial charge in [0.05, 0.1) is 11.8 Å². The highest BCUT2D eigenvalue weighted by Crippen LogP contribution is 2.07. The van der Waals surface area contributed by atoms with Gasteiger partial charge >= 0.3 is 0 Å². The van der Waals surface area contributed by atoms with Crippen LogP contribution in [-0.4, -0.2) is 17.1 Å². The van der Waals surface area contributed by atoms with Crippen LogP contribution in [0.1, 0.15) is 21.6 Å². The second-order valence-corrected chi connectivity index (χ2v) is 4.38. The first kappa shape index (κ1) is 13.2. The lowest BCUT2D eigenvalue weighted by atomic mass is 10.2. The van der Waals surface area contributed by atoms with Crippen LogP contribution >= 0.6 is 11.6 Å². The predicted octanol–water partition coefficient (Wildman–Crippen LogP) is 2.81. The number of amides is 1. The van der Waals surface area contributed by atoms with Crippen molar-refractivity contribution in [1.82, 2.24) is 10.4 Å². The van der Waals surface area contributed by atoms with E-state index in [-0.39, 0.29) is 5.91 Å². The van der Waals surface area contributed by atoms with Gasteiger partial charge in [0.2, 0.25) is 0 Å². The number of rotatable bonds is 3. The van der Waals surface area contributed by atoms with Gasteiger partial charge in [-0.25, -0.2) is 5.43 Å². The normalized spacial score (nSPS) is 10.6. The topological polar surface area (TPSA) is 54.4 Å². The van der Waals surface area contributed by atoms with E-state index in [1.54, 1.807) is 30.5 Å². The van der Waals surface area contributed by atoms with Crippen LogP contribution < -0.4 is 5.43 Å². The van der Waals surface area contributed by atoms with E-state index < -0.39 is 0 Å². The van der Waals surface area contributed by atoms with Gasteiger partial charge in [0.15, 0.2) is 0 Å². The van der Waals surface area contributed by atoms with Crippen LogP contribution in [0, 0.1) is 6.92 Å². The molecular formula is C14H12ClN3O. The van der Waals surface area contributed by atoms with E-state index in [0.29, 0.717) is 10.6 Å². The van der Waals surface area contributed by atoms with Crippen molar-refractivity contribution >= 4 is 23.7 Å². The molecular weight excluding hydrogens is 262 g/mol. The Morgan fingerprint density at radius 2 is 2.00 bits per heavy atom. The van der Waals surface area contributed by atoms with E-state index in [1.165, 1.54) is 6.20 Å². The third kappa shape index (κ3) is 3.89. The molecule has 96 valence electrons. The zero-order valence-electron chi connectivity index (χ0n) is 10.3. The van der Waals surface area contributed by atoms with Crippen molar-refractivity contribution in [3.8, 4) is 0 Å². The lowest BCUT2D eigenvalue weighted by Gasteiger charge is -1.99. The number of nitrogens with one attached hydrogen (secondary N) is 1. The summed E-state index contributed by atoms with van der Waals surface area (Å²) >= 11 is 5.77. The second kappa shape index (κ2) is 6.11. The van der Waals surface area contributed by atoms with E-state index >= 15 is 0 Å². The molecule has 0 aliphatic carbocycles. The van der Waals surface area contributed by atoms with Crippen molar-refractivity contribution in [1.29, 1.82) is 0 Å². The van der Waals surface area contributed by atoms with Crippen LogP contribution in [-0.2, 0) is 0 Å². The van der Waals surface area contributed by atoms with Gasteiger partial charge in [-0.15, -0.1) is 0 Å². The number of aryl methyl sites for hydroxylation is 1. The number of halogens is 1. The number of hydrazone groups is 1. The minimum absolute atomic E-state index is 0.294. The fourth-order valence-electron chi connectivity index (χ4n) is 1.38. The van der Waals surface area contributed by atoms with E-state index in [1.807, 2.05) is 19.1 Å². The summed E-state index contributed by atoms with van der Waals surface area (Å²) in [6.07, 6.45) is 3.07. The van der Waals surface area contributed by atoms with Crippen LogP contribution in [0.15, 0.2) is 47.7 Å². The number of nitrogens with zero attached hydrogens (tertiary/aromatic N) is 2. The minimum atomic E-state index is -0.294. The van der Waals surface area contributed by atoms with Gasteiger partial charge in [-0.2, -0.15) is 5.10 Å². The second-order valence-electron chi connectivity index (χ2n) is 3.94. The van der Waals surface area contributed by atoms with Crippen LogP contribution in [0.25, 0.3) is 0 Å². The number of aromatic nitrogens is 1. The Labute approximate surface area is 116 Å². The maximum absolute atomic E-state index is 11.7. The molecule has 1 aromatic carbocycles. The molecule has 1 amide bonds. The zero-order chi connectivity index (χ0) is 13.7. The monoisotopic (exact) mass is 273 g/mol. The average molecular weight is 274 g/mol. The molecule has 2 rings (SSSR count). The molecule has 0 saturated heterocycles. The van der Waals surface area contributed by atoms with E-state index in [4.69, 9.17) is 11.6 Å². The molecule has 4 nitrogen and oxygen atoms in total. The molecule has 5 heteroatoms. The summed E-state index contributed by atoms with van der Waals surface area (Å²) in [7, 11) is 0. The lowest BCUT2D eigenvalue weighted by Crippen LogP contribution is -2.17. The number of hydrogen-bond donors (Lipinski definition) is 1. The van der Waals surface area contributed by atoms with Gasteiger partial charge in [-0.05, 0) is 36.8 Å². The van der Waals surface area contributed by atoms with Crippen molar-refractivity contribution in [3.63, 3.8) is 0 Å². The first-order valence-corrected chi connectivity index (χ1v) is 6.04. The Morgan fingerprint density at radius 3 is 2.63 bits per heavy atom. The molecule has 19 heavy (non-hydrogen) atoms. The largest absolute Gasteiger partial charge is 0.272 e. The number of carbonyl (C=O) groups excluding carboxylic acids is 1. The maximum atomic E-state index is 11.7. The molecule has 1 N–H and O–H groups in total. The van der Waals surface area contributed by atoms with Gasteiger partial charge in [-0.3, -0.25) is 9.78 Å². The Morgan fingerprint density at radius 1 is 1.26 bits per heavy atom. The van der Waals surface area contributed by atoms with Crippen molar-refractivity contribution in [2.75, 3.05) is 0 Å². The Hall–Kier alpha value is -2.20. The Balaban J connectivity index is 1.96. The molecule has 0 unspecified atom stereocenters. The average Bonchev–Trinajstić information content (AvgIpc) is 2.41. The molecule has 0 aliphatic heterocycles. The molecule has 1 aromatic heterocycles. The van der Waals surface area contributed by atoms with E-state index in [0.717, 1.165) is 11.3 Å². The summed E-state index contributed by atoms with van der Waals surface area (Å²) < 4.78 is 0. The summed E-state index contributed by atoms with van der Waals surface area (Å²) in [5, 5.41) is 4.53. The van der Waals surface area contributed by atoms with Crippen LogP contribution in [0.5, 0.6) is 0 Å². The van der Waals surface area contributed by atoms with Crippen molar-refractivity contribution < 1.29 is 4.79 Å². The number of pyridine rings is 1. The fraction of sp³-hybridized carbons (Fsp3) is 0.0714. The third-order valence-corrected chi connectivity index (χ3v) is 2.68. The zero-order valence-corrected chi connectivity index (χ0v) is 11.1. The van der Waals surface area contributed by atoms with Gasteiger partial charge in [-0.1, -0.05) is 23.7 Å². The Kier molecular flexibility index (Phi) is 4.26. The molecule has 2 aromatic rings. The summed E-state index contributed by atoms with van der Waals surface area (Å²) in [6, 6.07) is 10.6. The Bertz CT molecular complexity index is 591. The molecule has 0 fully saturated rings. The van der Waals surface area contributed by atoms with Crippen LogP contribution in [0.4, 0.5) is 0 Å². The van der Waals surface area contributed by atoms with E-state index in [2.05, 4.69) is 15.5 Å². The molecule has 0 radical (unpaired) electrons. The predicted molar refractivity (Wildman–Crippen MR) is 75.5 cm³/mol. The number of hydrogen-bond acceptors (Lipinski definition) is 3. The first-order chi connectivity index (χ1) is 9.15. The summed E-state index contributed by atoms with van der Waals surface area (Å²) in [4.78, 5) is 15.8. The quantitative estimate of drug-likeness (QED) is 0.691. The molecule has 0 spiro atoms. The maximum Gasteiger partial charge on any atom is 0.272 e. The van der Waals surface area contributed by atoms with Gasteiger partial charge in [0.1, 0.15) is 0 Å². The highest BCUT2D eigenvalue weighted by molar-refractivity contribution is 6.30. The first-order valence-electron chi connectivity index (χ1n) is 5.67. The van der Waals surface area contributed by atoms with E-state index in [9.17, 15) is 4.79 Å². The standard InChI is InChI=1S/C14H12ClN3O/c1-10-2-5-12(9-16-10)14(19)18-17-8-11-3-6-13(15)7-4-11/h2-9H,1H3,(H,18,19)/b17-8-. The van der Waals surface area contributed by atoms with Crippen molar-refractivity contribution in [3.05, 3.63) is 64.4 Å². The summed E-state index contributed by atoms with van der Waals surface area (Å²) in [5.41, 5.74) is 4.63. The van der Waals surface area contributed by atoms with Gasteiger partial charge in [0, 0.05) is 16.9 Å². The molecule has 0 bridgehead atoms. The minimum Gasteiger partial charge on any atom is -0.267 e. The highest BCUT2D eigenvalue weighted by Gasteiger charge is 2.03. The van der Waals surface area contributed by atoms with Gasteiger partial charge in [0.25, 0.3) is 5.91 Å². The number of benzene rings is 1. The fourth-order valence-corrected chi connectivity index (χ4v) is 1.51. The molecule has 0 saturated carbocycles.